The summed E-state index contributed by atoms with van der Waals surface area (Å²) < 4.78 is 11.2. The zero-order valence-corrected chi connectivity index (χ0v) is 14.1. The topological polar surface area (TPSA) is 99.4 Å². The number of hydrogen-bond acceptors (Lipinski definition) is 6. The molecular weight excluding hydrogens is 308 g/mol. The summed E-state index contributed by atoms with van der Waals surface area (Å²) in [4.78, 5) is 20.1. The Kier molecular flexibility index (Phi) is 5.95. The van der Waals surface area contributed by atoms with Crippen molar-refractivity contribution in [2.24, 2.45) is 0 Å². The first-order valence-corrected chi connectivity index (χ1v) is 7.83. The molecule has 1 atom stereocenters. The highest BCUT2D eigenvalue weighted by Crippen LogP contribution is 2.30. The van der Waals surface area contributed by atoms with Crippen molar-refractivity contribution in [2.45, 2.75) is 26.8 Å². The van der Waals surface area contributed by atoms with Gasteiger partial charge in [-0.2, -0.15) is 0 Å². The summed E-state index contributed by atoms with van der Waals surface area (Å²) in [6.07, 6.45) is 2.87. The van der Waals surface area contributed by atoms with Gasteiger partial charge in [-0.15, -0.1) is 0 Å². The van der Waals surface area contributed by atoms with E-state index in [1.54, 1.807) is 0 Å². The van der Waals surface area contributed by atoms with E-state index in [0.717, 1.165) is 5.56 Å². The number of hydrogen-bond donors (Lipinski definition) is 2. The summed E-state index contributed by atoms with van der Waals surface area (Å²) in [5.41, 5.74) is 6.68. The number of rotatable bonds is 7. The number of nitrogen functional groups attached to an aromatic ring is 1. The molecule has 7 nitrogen and oxygen atoms in total. The summed E-state index contributed by atoms with van der Waals surface area (Å²) >= 11 is 0. The molecule has 0 aliphatic heterocycles. The smallest absolute Gasteiger partial charge is 0.274 e. The number of aromatic nitrogens is 2. The molecule has 0 aliphatic carbocycles. The lowest BCUT2D eigenvalue weighted by Gasteiger charge is -2.17. The second kappa shape index (κ2) is 8.14. The van der Waals surface area contributed by atoms with Gasteiger partial charge in [0.25, 0.3) is 5.91 Å². The van der Waals surface area contributed by atoms with E-state index in [-0.39, 0.29) is 23.5 Å². The van der Waals surface area contributed by atoms with Gasteiger partial charge in [-0.1, -0.05) is 6.07 Å². The maximum absolute atomic E-state index is 12.3. The number of carbonyl (C=O) groups excluding carboxylic acids is 1. The van der Waals surface area contributed by atoms with Crippen molar-refractivity contribution >= 4 is 11.7 Å². The van der Waals surface area contributed by atoms with Crippen LogP contribution in [0.4, 0.5) is 5.82 Å². The fraction of sp³-hybridized carbons (Fsp3) is 0.353. The van der Waals surface area contributed by atoms with Gasteiger partial charge in [0.2, 0.25) is 0 Å². The summed E-state index contributed by atoms with van der Waals surface area (Å²) in [7, 11) is 0. The van der Waals surface area contributed by atoms with Crippen LogP contribution in [0.3, 0.4) is 0 Å². The highest BCUT2D eigenvalue weighted by atomic mass is 16.5. The predicted molar refractivity (Wildman–Crippen MR) is 91.1 cm³/mol. The number of carbonyl (C=O) groups is 1. The van der Waals surface area contributed by atoms with Gasteiger partial charge in [0.1, 0.15) is 0 Å². The first-order valence-electron chi connectivity index (χ1n) is 7.83. The monoisotopic (exact) mass is 330 g/mol. The van der Waals surface area contributed by atoms with Crippen LogP contribution in [-0.2, 0) is 0 Å². The molecule has 3 N–H and O–H groups in total. The van der Waals surface area contributed by atoms with Crippen LogP contribution in [0, 0.1) is 0 Å². The van der Waals surface area contributed by atoms with E-state index in [2.05, 4.69) is 15.3 Å². The normalized spacial score (nSPS) is 11.6. The highest BCUT2D eigenvalue weighted by molar-refractivity contribution is 5.96. The van der Waals surface area contributed by atoms with Crippen LogP contribution < -0.4 is 20.5 Å². The van der Waals surface area contributed by atoms with Crippen molar-refractivity contribution in [3.63, 3.8) is 0 Å². The number of anilines is 1. The molecule has 1 aromatic heterocycles. The van der Waals surface area contributed by atoms with Crippen LogP contribution in [0.1, 0.15) is 42.9 Å². The lowest BCUT2D eigenvalue weighted by Crippen LogP contribution is -2.28. The molecule has 0 saturated heterocycles. The Balaban J connectivity index is 2.17. The molecule has 0 unspecified atom stereocenters. The number of benzene rings is 1. The van der Waals surface area contributed by atoms with Crippen LogP contribution in [0.5, 0.6) is 11.5 Å². The molecule has 0 aliphatic rings. The Bertz CT molecular complexity index is 706. The largest absolute Gasteiger partial charge is 0.490 e. The van der Waals surface area contributed by atoms with Crippen LogP contribution in [0.2, 0.25) is 0 Å². The Labute approximate surface area is 141 Å². The van der Waals surface area contributed by atoms with E-state index < -0.39 is 0 Å². The zero-order valence-electron chi connectivity index (χ0n) is 14.1. The molecule has 0 spiro atoms. The van der Waals surface area contributed by atoms with E-state index in [0.29, 0.717) is 24.7 Å². The number of ether oxygens (including phenoxy) is 2. The molecule has 7 heteroatoms. The molecule has 0 fully saturated rings. The summed E-state index contributed by atoms with van der Waals surface area (Å²) in [5.74, 6) is 1.06. The van der Waals surface area contributed by atoms with E-state index in [4.69, 9.17) is 15.2 Å². The molecule has 0 saturated carbocycles. The summed E-state index contributed by atoms with van der Waals surface area (Å²) in [6, 6.07) is 5.33. The van der Waals surface area contributed by atoms with E-state index >= 15 is 0 Å². The van der Waals surface area contributed by atoms with Crippen molar-refractivity contribution < 1.29 is 14.3 Å². The molecule has 24 heavy (non-hydrogen) atoms. The van der Waals surface area contributed by atoms with Gasteiger partial charge in [0.05, 0.1) is 19.3 Å². The number of nitrogens with zero attached hydrogens (tertiary/aromatic N) is 2. The number of nitrogens with one attached hydrogen (secondary N) is 1. The molecular formula is C17H22N4O3. The Morgan fingerprint density at radius 1 is 1.17 bits per heavy atom. The van der Waals surface area contributed by atoms with E-state index in [1.165, 1.54) is 12.4 Å². The minimum absolute atomic E-state index is 0.101. The average molecular weight is 330 g/mol. The SMILES string of the molecule is CCOc1ccc([C@H](C)NC(=O)c2nccnc2N)cc1OCC. The first-order chi connectivity index (χ1) is 11.6. The molecule has 128 valence electrons. The maximum Gasteiger partial charge on any atom is 0.274 e. The van der Waals surface area contributed by atoms with Gasteiger partial charge in [-0.3, -0.25) is 4.79 Å². The molecule has 1 aromatic carbocycles. The second-order valence-electron chi connectivity index (χ2n) is 5.06. The molecule has 2 rings (SSSR count). The van der Waals surface area contributed by atoms with Crippen LogP contribution in [0.15, 0.2) is 30.6 Å². The number of amides is 1. The van der Waals surface area contributed by atoms with Crippen molar-refractivity contribution in [3.05, 3.63) is 41.9 Å². The van der Waals surface area contributed by atoms with Crippen LogP contribution in [0.25, 0.3) is 0 Å². The van der Waals surface area contributed by atoms with Gasteiger partial charge in [0.15, 0.2) is 23.0 Å². The average Bonchev–Trinajstić information content (AvgIpc) is 2.57. The van der Waals surface area contributed by atoms with Gasteiger partial charge < -0.3 is 20.5 Å². The third kappa shape index (κ3) is 4.13. The van der Waals surface area contributed by atoms with Gasteiger partial charge in [0, 0.05) is 12.4 Å². The van der Waals surface area contributed by atoms with Gasteiger partial charge in [-0.05, 0) is 38.5 Å². The summed E-state index contributed by atoms with van der Waals surface area (Å²) in [5, 5.41) is 2.86. The molecule has 1 amide bonds. The predicted octanol–water partition coefficient (Wildman–Crippen LogP) is 2.35. The quantitative estimate of drug-likeness (QED) is 0.808. The van der Waals surface area contributed by atoms with Crippen molar-refractivity contribution in [1.29, 1.82) is 0 Å². The third-order valence-corrected chi connectivity index (χ3v) is 3.36. The molecule has 0 radical (unpaired) electrons. The zero-order chi connectivity index (χ0) is 17.5. The van der Waals surface area contributed by atoms with Crippen molar-refractivity contribution in [3.8, 4) is 11.5 Å². The fourth-order valence-corrected chi connectivity index (χ4v) is 2.21. The standard InChI is InChI=1S/C17H22N4O3/c1-4-23-13-7-6-12(10-14(13)24-5-2)11(3)21-17(22)15-16(18)20-9-8-19-15/h6-11H,4-5H2,1-3H3,(H2,18,20)(H,21,22)/t11-/m0/s1. The van der Waals surface area contributed by atoms with Crippen LogP contribution >= 0.6 is 0 Å². The fourth-order valence-electron chi connectivity index (χ4n) is 2.21. The van der Waals surface area contributed by atoms with E-state index in [1.807, 2.05) is 39.0 Å². The van der Waals surface area contributed by atoms with Gasteiger partial charge >= 0.3 is 0 Å². The minimum atomic E-state index is -0.375. The minimum Gasteiger partial charge on any atom is -0.490 e. The van der Waals surface area contributed by atoms with Gasteiger partial charge in [-0.25, -0.2) is 9.97 Å². The molecule has 1 heterocycles. The third-order valence-electron chi connectivity index (χ3n) is 3.36. The molecule has 0 bridgehead atoms. The van der Waals surface area contributed by atoms with Crippen LogP contribution in [-0.4, -0.2) is 29.1 Å². The van der Waals surface area contributed by atoms with Crippen molar-refractivity contribution in [1.82, 2.24) is 15.3 Å². The Hall–Kier alpha value is -2.83. The number of nitrogens with two attached hydrogens (primary N) is 1. The summed E-state index contributed by atoms with van der Waals surface area (Å²) in [6.45, 7) is 6.77. The lowest BCUT2D eigenvalue weighted by molar-refractivity contribution is 0.0935. The Morgan fingerprint density at radius 3 is 2.50 bits per heavy atom. The lowest BCUT2D eigenvalue weighted by atomic mass is 10.1. The second-order valence-corrected chi connectivity index (χ2v) is 5.06. The first kappa shape index (κ1) is 17.5. The highest BCUT2D eigenvalue weighted by Gasteiger charge is 2.17. The Morgan fingerprint density at radius 2 is 1.83 bits per heavy atom. The maximum atomic E-state index is 12.3. The van der Waals surface area contributed by atoms with E-state index in [9.17, 15) is 4.79 Å². The van der Waals surface area contributed by atoms with Crippen molar-refractivity contribution in [2.75, 3.05) is 18.9 Å². The molecule has 2 aromatic rings.